The van der Waals surface area contributed by atoms with E-state index in [0.29, 0.717) is 16.6 Å². The number of nitrogens with one attached hydrogen (secondary N) is 1. The second-order valence-corrected chi connectivity index (χ2v) is 7.20. The molecule has 2 aromatic carbocycles. The number of fused-ring (bicyclic) bond motifs is 1. The third-order valence-electron chi connectivity index (χ3n) is 5.24. The highest BCUT2D eigenvalue weighted by Crippen LogP contribution is 2.30. The number of rotatable bonds is 4. The number of nitriles is 1. The van der Waals surface area contributed by atoms with Crippen LogP contribution in [0.15, 0.2) is 54.7 Å². The van der Waals surface area contributed by atoms with Crippen LogP contribution in [0.4, 0.5) is 4.39 Å². The molecule has 6 heteroatoms. The highest BCUT2D eigenvalue weighted by molar-refractivity contribution is 5.94. The molecule has 1 aromatic heterocycles. The zero-order chi connectivity index (χ0) is 20.2. The number of carbonyl (C=O) groups excluding carboxylic acids is 1. The number of para-hydroxylation sites is 1. The number of hydrogen-bond donors (Lipinski definition) is 1. The van der Waals surface area contributed by atoms with Gasteiger partial charge in [0.1, 0.15) is 17.6 Å². The van der Waals surface area contributed by atoms with Gasteiger partial charge in [-0.3, -0.25) is 9.78 Å². The first-order chi connectivity index (χ1) is 14.1. The zero-order valence-electron chi connectivity index (χ0n) is 15.8. The number of hydrogen-bond acceptors (Lipinski definition) is 4. The number of pyridine rings is 1. The molecule has 1 saturated carbocycles. The standard InChI is InChI=1S/C23H20FN3O2/c24-17-5-1-3-15(13-17)23(28)27-18-7-9-19(10-8-18)29-21-11-12-26-22-16(14-25)4-2-6-20(21)22/h1-6,11-13,18-19H,7-10H2,(H,27,28)/t18-,19-. The van der Waals surface area contributed by atoms with Crippen LogP contribution in [0.2, 0.25) is 0 Å². The molecule has 1 N–H and O–H groups in total. The molecule has 29 heavy (non-hydrogen) atoms. The van der Waals surface area contributed by atoms with Crippen LogP contribution >= 0.6 is 0 Å². The summed E-state index contributed by atoms with van der Waals surface area (Å²) >= 11 is 0. The van der Waals surface area contributed by atoms with Gasteiger partial charge in [-0.05, 0) is 62.1 Å². The van der Waals surface area contributed by atoms with Gasteiger partial charge in [0.15, 0.2) is 0 Å². The molecule has 1 fully saturated rings. The van der Waals surface area contributed by atoms with Gasteiger partial charge in [-0.2, -0.15) is 5.26 Å². The van der Waals surface area contributed by atoms with Crippen LogP contribution in [0.5, 0.6) is 5.75 Å². The van der Waals surface area contributed by atoms with Crippen molar-refractivity contribution in [2.24, 2.45) is 0 Å². The minimum Gasteiger partial charge on any atom is -0.490 e. The lowest BCUT2D eigenvalue weighted by molar-refractivity contribution is 0.0894. The topological polar surface area (TPSA) is 75.0 Å². The molecule has 1 heterocycles. The Morgan fingerprint density at radius 1 is 1.14 bits per heavy atom. The molecule has 0 atom stereocenters. The van der Waals surface area contributed by atoms with Crippen molar-refractivity contribution in [2.45, 2.75) is 37.8 Å². The predicted octanol–water partition coefficient (Wildman–Crippen LogP) is 4.37. The Labute approximate surface area is 168 Å². The second-order valence-electron chi connectivity index (χ2n) is 7.20. The number of ether oxygens (including phenoxy) is 1. The smallest absolute Gasteiger partial charge is 0.251 e. The number of carbonyl (C=O) groups is 1. The summed E-state index contributed by atoms with van der Waals surface area (Å²) in [5.41, 5.74) is 1.50. The number of benzene rings is 2. The van der Waals surface area contributed by atoms with Crippen LogP contribution in [-0.4, -0.2) is 23.0 Å². The van der Waals surface area contributed by atoms with E-state index in [1.54, 1.807) is 18.3 Å². The number of nitrogens with zero attached hydrogens (tertiary/aromatic N) is 2. The van der Waals surface area contributed by atoms with Gasteiger partial charge in [0, 0.05) is 23.2 Å². The maximum atomic E-state index is 13.3. The molecule has 0 saturated heterocycles. The number of aromatic nitrogens is 1. The van der Waals surface area contributed by atoms with E-state index >= 15 is 0 Å². The Bertz CT molecular complexity index is 1080. The van der Waals surface area contributed by atoms with Crippen LogP contribution in [0.1, 0.15) is 41.6 Å². The minimum atomic E-state index is -0.418. The summed E-state index contributed by atoms with van der Waals surface area (Å²) in [6.45, 7) is 0. The zero-order valence-corrected chi connectivity index (χ0v) is 15.8. The van der Waals surface area contributed by atoms with Crippen molar-refractivity contribution in [3.05, 3.63) is 71.7 Å². The first-order valence-corrected chi connectivity index (χ1v) is 9.65. The lowest BCUT2D eigenvalue weighted by Gasteiger charge is -2.29. The van der Waals surface area contributed by atoms with Gasteiger partial charge < -0.3 is 10.1 Å². The van der Waals surface area contributed by atoms with Crippen molar-refractivity contribution in [3.63, 3.8) is 0 Å². The van der Waals surface area contributed by atoms with E-state index in [9.17, 15) is 14.4 Å². The summed E-state index contributed by atoms with van der Waals surface area (Å²) in [4.78, 5) is 16.6. The highest BCUT2D eigenvalue weighted by atomic mass is 19.1. The fraction of sp³-hybridized carbons (Fsp3) is 0.261. The third-order valence-corrected chi connectivity index (χ3v) is 5.24. The quantitative estimate of drug-likeness (QED) is 0.719. The third kappa shape index (κ3) is 4.19. The molecule has 3 aromatic rings. The van der Waals surface area contributed by atoms with Gasteiger partial charge in [-0.15, -0.1) is 0 Å². The lowest BCUT2D eigenvalue weighted by atomic mass is 9.92. The summed E-state index contributed by atoms with van der Waals surface area (Å²) in [6.07, 6.45) is 4.87. The SMILES string of the molecule is N#Cc1cccc2c(O[C@H]3CC[C@H](NC(=O)c4cccc(F)c4)CC3)ccnc12. The highest BCUT2D eigenvalue weighted by Gasteiger charge is 2.24. The molecule has 0 aliphatic heterocycles. The van der Waals surface area contributed by atoms with E-state index in [2.05, 4.69) is 16.4 Å². The molecule has 0 spiro atoms. The molecular weight excluding hydrogens is 369 g/mol. The predicted molar refractivity (Wildman–Crippen MR) is 107 cm³/mol. The van der Waals surface area contributed by atoms with Gasteiger partial charge >= 0.3 is 0 Å². The first-order valence-electron chi connectivity index (χ1n) is 9.65. The molecule has 5 nitrogen and oxygen atoms in total. The molecule has 0 unspecified atom stereocenters. The second kappa shape index (κ2) is 8.27. The van der Waals surface area contributed by atoms with E-state index < -0.39 is 5.82 Å². The summed E-state index contributed by atoms with van der Waals surface area (Å²) in [7, 11) is 0. The van der Waals surface area contributed by atoms with Gasteiger partial charge in [0.2, 0.25) is 0 Å². The maximum Gasteiger partial charge on any atom is 0.251 e. The number of halogens is 1. The molecule has 1 aliphatic rings. The molecule has 4 rings (SSSR count). The van der Waals surface area contributed by atoms with Crippen molar-refractivity contribution in [1.82, 2.24) is 10.3 Å². The maximum absolute atomic E-state index is 13.3. The van der Waals surface area contributed by atoms with E-state index in [1.807, 2.05) is 18.2 Å². The molecule has 1 aliphatic carbocycles. The molecule has 1 amide bonds. The van der Waals surface area contributed by atoms with Crippen molar-refractivity contribution in [2.75, 3.05) is 0 Å². The minimum absolute atomic E-state index is 0.0358. The summed E-state index contributed by atoms with van der Waals surface area (Å²) < 4.78 is 19.5. The van der Waals surface area contributed by atoms with E-state index in [1.165, 1.54) is 18.2 Å². The summed E-state index contributed by atoms with van der Waals surface area (Å²) in [5.74, 6) is 0.0521. The summed E-state index contributed by atoms with van der Waals surface area (Å²) in [6, 6.07) is 15.2. The van der Waals surface area contributed by atoms with E-state index in [4.69, 9.17) is 4.74 Å². The van der Waals surface area contributed by atoms with Crippen LogP contribution < -0.4 is 10.1 Å². The van der Waals surface area contributed by atoms with Gasteiger partial charge in [-0.25, -0.2) is 4.39 Å². The van der Waals surface area contributed by atoms with E-state index in [0.717, 1.165) is 36.8 Å². The Morgan fingerprint density at radius 2 is 1.93 bits per heavy atom. The average molecular weight is 389 g/mol. The Balaban J connectivity index is 1.38. The molecule has 0 radical (unpaired) electrons. The Kier molecular flexibility index (Phi) is 5.39. The van der Waals surface area contributed by atoms with Crippen LogP contribution in [0.3, 0.4) is 0 Å². The van der Waals surface area contributed by atoms with Gasteiger partial charge in [0.05, 0.1) is 17.2 Å². The lowest BCUT2D eigenvalue weighted by Crippen LogP contribution is -2.39. The van der Waals surface area contributed by atoms with Crippen molar-refractivity contribution in [1.29, 1.82) is 5.26 Å². The summed E-state index contributed by atoms with van der Waals surface area (Å²) in [5, 5.41) is 13.1. The average Bonchev–Trinajstić information content (AvgIpc) is 2.75. The van der Waals surface area contributed by atoms with Crippen LogP contribution in [-0.2, 0) is 0 Å². The van der Waals surface area contributed by atoms with Gasteiger partial charge in [0.25, 0.3) is 5.91 Å². The van der Waals surface area contributed by atoms with Crippen molar-refractivity contribution in [3.8, 4) is 11.8 Å². The van der Waals surface area contributed by atoms with Crippen molar-refractivity contribution >= 4 is 16.8 Å². The Hall–Kier alpha value is -3.46. The monoisotopic (exact) mass is 389 g/mol. The molecule has 146 valence electrons. The van der Waals surface area contributed by atoms with Crippen LogP contribution in [0, 0.1) is 17.1 Å². The van der Waals surface area contributed by atoms with Crippen molar-refractivity contribution < 1.29 is 13.9 Å². The molecular formula is C23H20FN3O2. The fourth-order valence-corrected chi connectivity index (χ4v) is 3.75. The van der Waals surface area contributed by atoms with Gasteiger partial charge in [-0.1, -0.05) is 12.1 Å². The Morgan fingerprint density at radius 3 is 2.69 bits per heavy atom. The first kappa shape index (κ1) is 18.9. The normalized spacial score (nSPS) is 18.8. The largest absolute Gasteiger partial charge is 0.490 e. The number of amides is 1. The van der Waals surface area contributed by atoms with Crippen LogP contribution in [0.25, 0.3) is 10.9 Å². The van der Waals surface area contributed by atoms with E-state index in [-0.39, 0.29) is 18.1 Å². The molecule has 0 bridgehead atoms. The fourth-order valence-electron chi connectivity index (χ4n) is 3.75.